The van der Waals surface area contributed by atoms with E-state index in [0.717, 1.165) is 15.2 Å². The summed E-state index contributed by atoms with van der Waals surface area (Å²) in [5, 5.41) is 0. The Morgan fingerprint density at radius 3 is 2.43 bits per heavy atom. The zero-order valence-corrected chi connectivity index (χ0v) is 13.1. The summed E-state index contributed by atoms with van der Waals surface area (Å²) in [5.74, 6) is -1.46. The van der Waals surface area contributed by atoms with Crippen molar-refractivity contribution in [3.05, 3.63) is 56.9 Å². The lowest BCUT2D eigenvalue weighted by molar-refractivity contribution is -0.105. The highest BCUT2D eigenvalue weighted by Gasteiger charge is 2.31. The monoisotopic (exact) mass is 346 g/mol. The van der Waals surface area contributed by atoms with Gasteiger partial charge in [0, 0.05) is 24.2 Å². The third kappa shape index (κ3) is 3.79. The Balaban J connectivity index is 2.54. The first-order chi connectivity index (χ1) is 10.6. The van der Waals surface area contributed by atoms with Crippen LogP contribution in [0.25, 0.3) is 5.69 Å². The van der Waals surface area contributed by atoms with Crippen LogP contribution in [-0.4, -0.2) is 25.3 Å². The van der Waals surface area contributed by atoms with E-state index >= 15 is 0 Å². The normalized spacial score (nSPS) is 13.1. The molecule has 0 saturated heterocycles. The van der Waals surface area contributed by atoms with Gasteiger partial charge in [-0.15, -0.1) is 0 Å². The van der Waals surface area contributed by atoms with E-state index in [2.05, 4.69) is 0 Å². The number of halogens is 3. The Morgan fingerprint density at radius 2 is 1.83 bits per heavy atom. The van der Waals surface area contributed by atoms with Crippen molar-refractivity contribution in [3.8, 4) is 5.69 Å². The van der Waals surface area contributed by atoms with Gasteiger partial charge in [0.1, 0.15) is 5.75 Å². The molecule has 0 radical (unpaired) electrons. The van der Waals surface area contributed by atoms with Gasteiger partial charge in [-0.1, -0.05) is 6.07 Å². The van der Waals surface area contributed by atoms with Gasteiger partial charge in [-0.05, 0) is 24.6 Å². The predicted molar refractivity (Wildman–Crippen MR) is 79.3 cm³/mol. The Bertz CT molecular complexity index is 884. The van der Waals surface area contributed by atoms with Crippen LogP contribution in [0.15, 0.2) is 44.9 Å². The highest BCUT2D eigenvalue weighted by atomic mass is 32.2. The van der Waals surface area contributed by atoms with Gasteiger partial charge in [-0.3, -0.25) is 18.1 Å². The first-order valence-electron chi connectivity index (χ1n) is 6.45. The summed E-state index contributed by atoms with van der Waals surface area (Å²) < 4.78 is 51.2. The number of aryl methyl sites for hydroxylation is 1. The Morgan fingerprint density at radius 1 is 1.17 bits per heavy atom. The van der Waals surface area contributed by atoms with Gasteiger partial charge >= 0.3 is 11.9 Å². The maximum Gasteiger partial charge on any atom is 0.400 e. The van der Waals surface area contributed by atoms with E-state index in [1.54, 1.807) is 0 Å². The lowest BCUT2D eigenvalue weighted by Crippen LogP contribution is -2.36. The number of rotatable bonds is 3. The summed E-state index contributed by atoms with van der Waals surface area (Å²) in [7, 11) is -0.984. The van der Waals surface area contributed by atoms with Crippen LogP contribution >= 0.6 is 0 Å². The molecule has 124 valence electrons. The van der Waals surface area contributed by atoms with Crippen molar-refractivity contribution in [2.75, 3.05) is 5.75 Å². The van der Waals surface area contributed by atoms with Crippen molar-refractivity contribution in [1.29, 1.82) is 0 Å². The molecule has 1 unspecified atom stereocenters. The van der Waals surface area contributed by atoms with Crippen LogP contribution in [0.1, 0.15) is 5.56 Å². The van der Waals surface area contributed by atoms with E-state index < -0.39 is 34.0 Å². The smallest absolute Gasteiger partial charge is 0.269 e. The van der Waals surface area contributed by atoms with E-state index in [0.29, 0.717) is 5.56 Å². The Labute approximate surface area is 131 Å². The van der Waals surface area contributed by atoms with Crippen molar-refractivity contribution >= 4 is 10.8 Å². The molecule has 0 aliphatic carbocycles. The minimum Gasteiger partial charge on any atom is -0.269 e. The van der Waals surface area contributed by atoms with Crippen LogP contribution in [0, 0.1) is 6.92 Å². The molecular weight excluding hydrogens is 333 g/mol. The van der Waals surface area contributed by atoms with Crippen LogP contribution in [-0.2, 0) is 17.8 Å². The average Bonchev–Trinajstić information content (AvgIpc) is 2.44. The highest BCUT2D eigenvalue weighted by Crippen LogP contribution is 2.23. The molecule has 1 aromatic carbocycles. The van der Waals surface area contributed by atoms with Gasteiger partial charge in [0.05, 0.1) is 16.5 Å². The van der Waals surface area contributed by atoms with Gasteiger partial charge in [-0.2, -0.15) is 13.2 Å². The van der Waals surface area contributed by atoms with Crippen LogP contribution < -0.4 is 11.2 Å². The second-order valence-electron chi connectivity index (χ2n) is 4.92. The molecular formula is C14H13F3N2O3S. The van der Waals surface area contributed by atoms with E-state index in [4.69, 9.17) is 0 Å². The van der Waals surface area contributed by atoms with Crippen molar-refractivity contribution < 1.29 is 17.4 Å². The minimum absolute atomic E-state index is 0.000535. The molecule has 0 amide bonds. The number of hydrogen-bond acceptors (Lipinski definition) is 3. The number of alkyl halides is 3. The van der Waals surface area contributed by atoms with E-state index in [1.807, 2.05) is 0 Å². The standard InChI is InChI=1S/C14H13F3N2O3S/c1-9-3-4-10(7-11(9)23(22)8-14(15,16)17)19-6-5-12(20)18(2)13(19)21/h3-7H,8H2,1-2H3. The molecule has 0 fully saturated rings. The molecule has 1 aromatic heterocycles. The quantitative estimate of drug-likeness (QED) is 0.847. The van der Waals surface area contributed by atoms with Crippen molar-refractivity contribution in [3.63, 3.8) is 0 Å². The predicted octanol–water partition coefficient (Wildman–Crippen LogP) is 1.51. The molecule has 5 nitrogen and oxygen atoms in total. The number of nitrogens with zero attached hydrogens (tertiary/aromatic N) is 2. The molecule has 2 aromatic rings. The first kappa shape index (κ1) is 17.2. The largest absolute Gasteiger partial charge is 0.400 e. The number of aromatic nitrogens is 2. The first-order valence-corrected chi connectivity index (χ1v) is 7.77. The molecule has 0 spiro atoms. The molecule has 0 N–H and O–H groups in total. The average molecular weight is 346 g/mol. The summed E-state index contributed by atoms with van der Waals surface area (Å²) in [6.07, 6.45) is -3.33. The van der Waals surface area contributed by atoms with Crippen molar-refractivity contribution in [2.24, 2.45) is 7.05 Å². The Hall–Kier alpha value is -2.16. The van der Waals surface area contributed by atoms with E-state index in [1.165, 1.54) is 38.4 Å². The van der Waals surface area contributed by atoms with E-state index in [-0.39, 0.29) is 10.6 Å². The second kappa shape index (κ2) is 6.15. The fourth-order valence-electron chi connectivity index (χ4n) is 1.98. The Kier molecular flexibility index (Phi) is 4.60. The summed E-state index contributed by atoms with van der Waals surface area (Å²) in [6.45, 7) is 1.54. The third-order valence-corrected chi connectivity index (χ3v) is 4.70. The molecule has 0 bridgehead atoms. The van der Waals surface area contributed by atoms with Crippen molar-refractivity contribution in [2.45, 2.75) is 18.0 Å². The van der Waals surface area contributed by atoms with Crippen LogP contribution in [0.3, 0.4) is 0 Å². The maximum absolute atomic E-state index is 12.4. The van der Waals surface area contributed by atoms with Gasteiger partial charge in [0.15, 0.2) is 0 Å². The van der Waals surface area contributed by atoms with Gasteiger partial charge in [0.25, 0.3) is 5.56 Å². The molecule has 0 saturated carbocycles. The van der Waals surface area contributed by atoms with Crippen molar-refractivity contribution in [1.82, 2.24) is 9.13 Å². The zero-order chi connectivity index (χ0) is 17.4. The number of benzene rings is 1. The van der Waals surface area contributed by atoms with Gasteiger partial charge < -0.3 is 0 Å². The number of hydrogen-bond donors (Lipinski definition) is 0. The molecule has 0 aliphatic rings. The molecule has 1 heterocycles. The molecule has 0 aliphatic heterocycles. The maximum atomic E-state index is 12.4. The SMILES string of the molecule is Cc1ccc(-n2ccc(=O)n(C)c2=O)cc1S(=O)CC(F)(F)F. The highest BCUT2D eigenvalue weighted by molar-refractivity contribution is 7.85. The fraction of sp³-hybridized carbons (Fsp3) is 0.286. The third-order valence-electron chi connectivity index (χ3n) is 3.18. The fourth-order valence-corrected chi connectivity index (χ4v) is 3.11. The van der Waals surface area contributed by atoms with Crippen LogP contribution in [0.2, 0.25) is 0 Å². The molecule has 1 atom stereocenters. The van der Waals surface area contributed by atoms with Gasteiger partial charge in [-0.25, -0.2) is 4.79 Å². The summed E-state index contributed by atoms with van der Waals surface area (Å²) in [6, 6.07) is 5.42. The lowest BCUT2D eigenvalue weighted by atomic mass is 10.2. The summed E-state index contributed by atoms with van der Waals surface area (Å²) in [4.78, 5) is 23.4. The second-order valence-corrected chi connectivity index (χ2v) is 6.34. The van der Waals surface area contributed by atoms with Gasteiger partial charge in [0.2, 0.25) is 0 Å². The van der Waals surface area contributed by atoms with Crippen LogP contribution in [0.4, 0.5) is 13.2 Å². The molecule has 23 heavy (non-hydrogen) atoms. The summed E-state index contributed by atoms with van der Waals surface area (Å²) >= 11 is 0. The lowest BCUT2D eigenvalue weighted by Gasteiger charge is -2.12. The van der Waals surface area contributed by atoms with Crippen LogP contribution in [0.5, 0.6) is 0 Å². The van der Waals surface area contributed by atoms with E-state index in [9.17, 15) is 27.0 Å². The molecule has 2 rings (SSSR count). The minimum atomic E-state index is -4.55. The topological polar surface area (TPSA) is 61.1 Å². The summed E-state index contributed by atoms with van der Waals surface area (Å²) in [5.41, 5.74) is -0.482. The molecule has 9 heteroatoms. The zero-order valence-electron chi connectivity index (χ0n) is 12.3.